The Labute approximate surface area is 87.3 Å². The molecule has 0 unspecified atom stereocenters. The summed E-state index contributed by atoms with van der Waals surface area (Å²) in [5.74, 6) is 4.95. The monoisotopic (exact) mass is 208 g/mol. The first kappa shape index (κ1) is 10.6. The molecule has 72 valence electrons. The second-order valence-electron chi connectivity index (χ2n) is 2.74. The number of amides is 1. The quantitative estimate of drug-likeness (QED) is 0.558. The standard InChI is InChI=1S/C10H9ClN2O/c1-7-5-6-13-10(11)8(7)3-2-4-9(12)14/h5-6H,4H2,1H3,(H2,12,14). The molecular weight excluding hydrogens is 200 g/mol. The number of carbonyl (C=O) groups excluding carboxylic acids is 1. The first-order valence-corrected chi connectivity index (χ1v) is 4.37. The maximum absolute atomic E-state index is 10.4. The van der Waals surface area contributed by atoms with Gasteiger partial charge in [-0.1, -0.05) is 23.4 Å². The Bertz CT molecular complexity index is 398. The molecule has 0 aliphatic rings. The van der Waals surface area contributed by atoms with Crippen LogP contribution in [0.3, 0.4) is 0 Å². The fourth-order valence-corrected chi connectivity index (χ4v) is 1.15. The number of aryl methyl sites for hydroxylation is 1. The third-order valence-electron chi connectivity index (χ3n) is 1.59. The van der Waals surface area contributed by atoms with Gasteiger partial charge in [-0.15, -0.1) is 0 Å². The van der Waals surface area contributed by atoms with E-state index in [1.165, 1.54) is 0 Å². The molecular formula is C10H9ClN2O. The molecule has 14 heavy (non-hydrogen) atoms. The molecule has 1 aromatic rings. The van der Waals surface area contributed by atoms with E-state index >= 15 is 0 Å². The van der Waals surface area contributed by atoms with Crippen LogP contribution in [-0.2, 0) is 4.79 Å². The molecule has 0 aromatic carbocycles. The predicted molar refractivity (Wildman–Crippen MR) is 54.7 cm³/mol. The topological polar surface area (TPSA) is 56.0 Å². The number of carbonyl (C=O) groups is 1. The van der Waals surface area contributed by atoms with Crippen LogP contribution in [0.5, 0.6) is 0 Å². The molecule has 0 saturated carbocycles. The van der Waals surface area contributed by atoms with E-state index in [-0.39, 0.29) is 6.42 Å². The average molecular weight is 209 g/mol. The van der Waals surface area contributed by atoms with Crippen molar-refractivity contribution < 1.29 is 4.79 Å². The molecule has 4 heteroatoms. The number of halogens is 1. The SMILES string of the molecule is Cc1ccnc(Cl)c1C#CCC(N)=O. The lowest BCUT2D eigenvalue weighted by Crippen LogP contribution is -2.08. The number of aromatic nitrogens is 1. The molecule has 0 saturated heterocycles. The Morgan fingerprint density at radius 3 is 3.00 bits per heavy atom. The number of hydrogen-bond acceptors (Lipinski definition) is 2. The summed E-state index contributed by atoms with van der Waals surface area (Å²) in [5, 5.41) is 0.349. The summed E-state index contributed by atoms with van der Waals surface area (Å²) >= 11 is 5.82. The van der Waals surface area contributed by atoms with Crippen LogP contribution >= 0.6 is 11.6 Å². The number of nitrogens with two attached hydrogens (primary N) is 1. The van der Waals surface area contributed by atoms with Gasteiger partial charge >= 0.3 is 0 Å². The second-order valence-corrected chi connectivity index (χ2v) is 3.10. The smallest absolute Gasteiger partial charge is 0.229 e. The van der Waals surface area contributed by atoms with E-state index in [1.807, 2.05) is 6.92 Å². The first-order chi connectivity index (χ1) is 6.61. The average Bonchev–Trinajstić information content (AvgIpc) is 2.09. The van der Waals surface area contributed by atoms with Crippen molar-refractivity contribution in [3.63, 3.8) is 0 Å². The third kappa shape index (κ3) is 2.75. The number of hydrogen-bond donors (Lipinski definition) is 1. The van der Waals surface area contributed by atoms with Gasteiger partial charge in [0.05, 0.1) is 12.0 Å². The zero-order valence-electron chi connectivity index (χ0n) is 7.67. The molecule has 0 atom stereocenters. The predicted octanol–water partition coefficient (Wildman–Crippen LogP) is 1.27. The van der Waals surface area contributed by atoms with Crippen LogP contribution in [0.25, 0.3) is 0 Å². The van der Waals surface area contributed by atoms with E-state index in [0.717, 1.165) is 5.56 Å². The van der Waals surface area contributed by atoms with Crippen LogP contribution in [0.1, 0.15) is 17.5 Å². The minimum Gasteiger partial charge on any atom is -0.369 e. The Balaban J connectivity index is 2.94. The number of pyridine rings is 1. The van der Waals surface area contributed by atoms with Gasteiger partial charge in [0.2, 0.25) is 5.91 Å². The molecule has 3 nitrogen and oxygen atoms in total. The van der Waals surface area contributed by atoms with Crippen molar-refractivity contribution in [2.75, 3.05) is 0 Å². The largest absolute Gasteiger partial charge is 0.369 e. The lowest BCUT2D eigenvalue weighted by molar-refractivity contribution is -0.117. The molecule has 0 aliphatic carbocycles. The highest BCUT2D eigenvalue weighted by Crippen LogP contribution is 2.14. The van der Waals surface area contributed by atoms with Crippen LogP contribution in [0.4, 0.5) is 0 Å². The minimum atomic E-state index is -0.449. The van der Waals surface area contributed by atoms with Gasteiger partial charge in [-0.2, -0.15) is 0 Å². The molecule has 1 amide bonds. The van der Waals surface area contributed by atoms with Gasteiger partial charge in [-0.25, -0.2) is 4.98 Å². The lowest BCUT2D eigenvalue weighted by Gasteiger charge is -1.97. The summed E-state index contributed by atoms with van der Waals surface area (Å²) in [4.78, 5) is 14.3. The number of primary amides is 1. The minimum absolute atomic E-state index is 0.0324. The maximum atomic E-state index is 10.4. The van der Waals surface area contributed by atoms with E-state index in [1.54, 1.807) is 12.3 Å². The van der Waals surface area contributed by atoms with Gasteiger partial charge in [-0.3, -0.25) is 4.79 Å². The highest BCUT2D eigenvalue weighted by molar-refractivity contribution is 6.30. The molecule has 1 rings (SSSR count). The van der Waals surface area contributed by atoms with E-state index in [2.05, 4.69) is 16.8 Å². The Hall–Kier alpha value is -1.53. The Kier molecular flexibility index (Phi) is 3.49. The molecule has 1 aromatic heterocycles. The highest BCUT2D eigenvalue weighted by Gasteiger charge is 2.00. The summed E-state index contributed by atoms with van der Waals surface area (Å²) in [6.07, 6.45) is 1.64. The van der Waals surface area contributed by atoms with Crippen molar-refractivity contribution in [1.82, 2.24) is 4.98 Å². The highest BCUT2D eigenvalue weighted by atomic mass is 35.5. The fraction of sp³-hybridized carbons (Fsp3) is 0.200. The van der Waals surface area contributed by atoms with Crippen molar-refractivity contribution in [3.05, 3.63) is 28.5 Å². The lowest BCUT2D eigenvalue weighted by atomic mass is 10.1. The van der Waals surface area contributed by atoms with Gasteiger partial charge in [0, 0.05) is 6.20 Å². The van der Waals surface area contributed by atoms with Gasteiger partial charge in [0.25, 0.3) is 0 Å². The zero-order valence-corrected chi connectivity index (χ0v) is 8.43. The van der Waals surface area contributed by atoms with Gasteiger partial charge < -0.3 is 5.73 Å². The first-order valence-electron chi connectivity index (χ1n) is 3.99. The van der Waals surface area contributed by atoms with E-state index in [0.29, 0.717) is 10.7 Å². The molecule has 0 bridgehead atoms. The van der Waals surface area contributed by atoms with E-state index in [4.69, 9.17) is 17.3 Å². The number of nitrogens with zero attached hydrogens (tertiary/aromatic N) is 1. The van der Waals surface area contributed by atoms with E-state index in [9.17, 15) is 4.79 Å². The fourth-order valence-electron chi connectivity index (χ4n) is 0.895. The van der Waals surface area contributed by atoms with Gasteiger partial charge in [0.1, 0.15) is 5.15 Å². The van der Waals surface area contributed by atoms with Crippen molar-refractivity contribution >= 4 is 17.5 Å². The zero-order chi connectivity index (χ0) is 10.6. The van der Waals surface area contributed by atoms with Crippen molar-refractivity contribution in [3.8, 4) is 11.8 Å². The number of rotatable bonds is 1. The van der Waals surface area contributed by atoms with Gasteiger partial charge in [0.15, 0.2) is 0 Å². The van der Waals surface area contributed by atoms with Crippen molar-refractivity contribution in [2.45, 2.75) is 13.3 Å². The molecule has 0 aliphatic heterocycles. The van der Waals surface area contributed by atoms with Crippen LogP contribution < -0.4 is 5.73 Å². The normalized spacial score (nSPS) is 9.00. The molecule has 0 spiro atoms. The molecule has 2 N–H and O–H groups in total. The maximum Gasteiger partial charge on any atom is 0.229 e. The summed E-state index contributed by atoms with van der Waals surface area (Å²) in [7, 11) is 0. The van der Waals surface area contributed by atoms with Crippen molar-refractivity contribution in [2.24, 2.45) is 5.73 Å². The van der Waals surface area contributed by atoms with E-state index < -0.39 is 5.91 Å². The molecule has 1 heterocycles. The molecule has 0 radical (unpaired) electrons. The molecule has 0 fully saturated rings. The van der Waals surface area contributed by atoms with Gasteiger partial charge in [-0.05, 0) is 18.6 Å². The Morgan fingerprint density at radius 2 is 2.43 bits per heavy atom. The second kappa shape index (κ2) is 4.64. The summed E-state index contributed by atoms with van der Waals surface area (Å²) in [6, 6.07) is 1.81. The van der Waals surface area contributed by atoms with Crippen LogP contribution in [0.15, 0.2) is 12.3 Å². The summed E-state index contributed by atoms with van der Waals surface area (Å²) < 4.78 is 0. The van der Waals surface area contributed by atoms with Crippen LogP contribution in [0, 0.1) is 18.8 Å². The summed E-state index contributed by atoms with van der Waals surface area (Å²) in [6.45, 7) is 1.88. The summed E-state index contributed by atoms with van der Waals surface area (Å²) in [5.41, 5.74) is 6.52. The third-order valence-corrected chi connectivity index (χ3v) is 1.88. The van der Waals surface area contributed by atoms with Crippen LogP contribution in [0.2, 0.25) is 5.15 Å². The van der Waals surface area contributed by atoms with Crippen LogP contribution in [-0.4, -0.2) is 10.9 Å². The van der Waals surface area contributed by atoms with Crippen molar-refractivity contribution in [1.29, 1.82) is 0 Å². The Morgan fingerprint density at radius 1 is 1.71 bits per heavy atom.